The van der Waals surface area contributed by atoms with Crippen molar-refractivity contribution in [1.82, 2.24) is 5.32 Å². The molecule has 1 aliphatic carbocycles. The summed E-state index contributed by atoms with van der Waals surface area (Å²) >= 11 is 0. The van der Waals surface area contributed by atoms with Crippen molar-refractivity contribution >= 4 is 17.7 Å². The largest absolute Gasteiger partial charge is 0.480 e. The van der Waals surface area contributed by atoms with Gasteiger partial charge in [-0.05, 0) is 29.0 Å². The molecule has 6 heteroatoms. The Morgan fingerprint density at radius 1 is 1.07 bits per heavy atom. The van der Waals surface area contributed by atoms with Crippen LogP contribution in [0.3, 0.4) is 0 Å². The molecule has 30 heavy (non-hydrogen) atoms. The quantitative estimate of drug-likeness (QED) is 0.489. The van der Waals surface area contributed by atoms with Crippen molar-refractivity contribution in [2.24, 2.45) is 11.8 Å². The summed E-state index contributed by atoms with van der Waals surface area (Å²) in [5.41, 5.74) is 2.71. The molecule has 0 spiro atoms. The Hall–Kier alpha value is -2.99. The fourth-order valence-electron chi connectivity index (χ4n) is 4.08. The highest BCUT2D eigenvalue weighted by Crippen LogP contribution is 2.37. The maximum absolute atomic E-state index is 13.6. The first-order valence-electron chi connectivity index (χ1n) is 10.2. The van der Waals surface area contributed by atoms with Crippen LogP contribution in [0, 0.1) is 11.8 Å². The standard InChI is InChI=1S/C24H27NO5/c1-15(2)21(24(29)30-14-16-8-4-3-5-9-16)23(28)22-18-11-7-6-10-17(18)12-19(22)25-13-20(26)27/h3-11,15,19,21-22,25H,12-14H2,1-2H3,(H,26,27). The van der Waals surface area contributed by atoms with Gasteiger partial charge in [-0.15, -0.1) is 0 Å². The number of esters is 1. The molecule has 3 atom stereocenters. The number of ether oxygens (including phenoxy) is 1. The second-order valence-corrected chi connectivity index (χ2v) is 7.98. The Kier molecular flexibility index (Phi) is 7.00. The Morgan fingerprint density at radius 3 is 2.40 bits per heavy atom. The summed E-state index contributed by atoms with van der Waals surface area (Å²) < 4.78 is 5.48. The Labute approximate surface area is 176 Å². The van der Waals surface area contributed by atoms with Crippen molar-refractivity contribution in [3.05, 3.63) is 71.3 Å². The molecule has 0 aliphatic heterocycles. The number of fused-ring (bicyclic) bond motifs is 1. The molecule has 0 saturated heterocycles. The molecule has 2 aromatic rings. The third-order valence-electron chi connectivity index (χ3n) is 5.51. The summed E-state index contributed by atoms with van der Waals surface area (Å²) in [4.78, 5) is 37.5. The number of carbonyl (C=O) groups is 3. The van der Waals surface area contributed by atoms with Crippen molar-refractivity contribution in [1.29, 1.82) is 0 Å². The number of ketones is 1. The van der Waals surface area contributed by atoms with Crippen LogP contribution in [0.4, 0.5) is 0 Å². The maximum Gasteiger partial charge on any atom is 0.317 e. The van der Waals surface area contributed by atoms with E-state index in [0.717, 1.165) is 16.7 Å². The Balaban J connectivity index is 1.81. The summed E-state index contributed by atoms with van der Waals surface area (Å²) in [5, 5.41) is 12.0. The fraction of sp³-hybridized carbons (Fsp3) is 0.375. The van der Waals surface area contributed by atoms with Crippen LogP contribution in [-0.4, -0.2) is 35.4 Å². The van der Waals surface area contributed by atoms with E-state index in [9.17, 15) is 14.4 Å². The molecule has 0 fully saturated rings. The number of benzene rings is 2. The van der Waals surface area contributed by atoms with E-state index < -0.39 is 23.8 Å². The molecular weight excluding hydrogens is 382 g/mol. The second-order valence-electron chi connectivity index (χ2n) is 7.98. The number of carboxylic acids is 1. The van der Waals surface area contributed by atoms with Crippen molar-refractivity contribution in [2.75, 3.05) is 6.54 Å². The Bertz CT molecular complexity index is 909. The Morgan fingerprint density at radius 2 is 1.73 bits per heavy atom. The molecule has 1 aliphatic rings. The van der Waals surface area contributed by atoms with Gasteiger partial charge in [0, 0.05) is 6.04 Å². The van der Waals surface area contributed by atoms with E-state index in [2.05, 4.69) is 5.32 Å². The van der Waals surface area contributed by atoms with Crippen LogP contribution >= 0.6 is 0 Å². The van der Waals surface area contributed by atoms with Crippen molar-refractivity contribution < 1.29 is 24.2 Å². The van der Waals surface area contributed by atoms with Crippen LogP contribution in [0.25, 0.3) is 0 Å². The average Bonchev–Trinajstić information content (AvgIpc) is 3.09. The molecule has 2 aromatic carbocycles. The van der Waals surface area contributed by atoms with Gasteiger partial charge in [0.1, 0.15) is 12.5 Å². The summed E-state index contributed by atoms with van der Waals surface area (Å²) in [7, 11) is 0. The topological polar surface area (TPSA) is 92.7 Å². The lowest BCUT2D eigenvalue weighted by molar-refractivity contribution is -0.155. The van der Waals surface area contributed by atoms with Gasteiger partial charge < -0.3 is 15.2 Å². The minimum absolute atomic E-state index is 0.109. The van der Waals surface area contributed by atoms with E-state index in [-0.39, 0.29) is 30.9 Å². The number of nitrogens with one attached hydrogen (secondary N) is 1. The third kappa shape index (κ3) is 4.94. The molecule has 0 radical (unpaired) electrons. The minimum atomic E-state index is -0.986. The van der Waals surface area contributed by atoms with E-state index in [1.807, 2.05) is 68.4 Å². The van der Waals surface area contributed by atoms with E-state index in [1.165, 1.54) is 0 Å². The van der Waals surface area contributed by atoms with Gasteiger partial charge in [0.15, 0.2) is 5.78 Å². The second kappa shape index (κ2) is 9.67. The first-order valence-corrected chi connectivity index (χ1v) is 10.2. The third-order valence-corrected chi connectivity index (χ3v) is 5.51. The number of carboxylic acid groups (broad SMARTS) is 1. The lowest BCUT2D eigenvalue weighted by atomic mass is 9.81. The van der Waals surface area contributed by atoms with Crippen LogP contribution in [0.1, 0.15) is 36.5 Å². The van der Waals surface area contributed by atoms with Gasteiger partial charge >= 0.3 is 11.9 Å². The van der Waals surface area contributed by atoms with Crippen LogP contribution < -0.4 is 5.32 Å². The lowest BCUT2D eigenvalue weighted by Crippen LogP contribution is -2.43. The van der Waals surface area contributed by atoms with E-state index >= 15 is 0 Å². The van der Waals surface area contributed by atoms with Crippen LogP contribution in [0.5, 0.6) is 0 Å². The number of carbonyl (C=O) groups excluding carboxylic acids is 2. The number of rotatable bonds is 9. The number of Topliss-reactive ketones (excluding diaryl/α,β-unsaturated/α-hetero) is 1. The first-order chi connectivity index (χ1) is 14.4. The summed E-state index contributed by atoms with van der Waals surface area (Å²) in [6.07, 6.45) is 0.545. The van der Waals surface area contributed by atoms with Gasteiger partial charge in [0.05, 0.1) is 12.5 Å². The number of hydrogen-bond donors (Lipinski definition) is 2. The van der Waals surface area contributed by atoms with Gasteiger partial charge in [-0.2, -0.15) is 0 Å². The van der Waals surface area contributed by atoms with Gasteiger partial charge in [0.25, 0.3) is 0 Å². The molecule has 3 rings (SSSR count). The van der Waals surface area contributed by atoms with Crippen LogP contribution in [-0.2, 0) is 32.1 Å². The van der Waals surface area contributed by atoms with E-state index in [4.69, 9.17) is 9.84 Å². The zero-order chi connectivity index (χ0) is 21.7. The zero-order valence-electron chi connectivity index (χ0n) is 17.2. The predicted octanol–water partition coefficient (Wildman–Crippen LogP) is 2.95. The van der Waals surface area contributed by atoms with Crippen molar-refractivity contribution in [3.8, 4) is 0 Å². The highest BCUT2D eigenvalue weighted by atomic mass is 16.5. The smallest absolute Gasteiger partial charge is 0.317 e. The normalized spacial score (nSPS) is 18.6. The van der Waals surface area contributed by atoms with Crippen LogP contribution in [0.2, 0.25) is 0 Å². The number of aliphatic carboxylic acids is 1. The molecule has 0 bridgehead atoms. The van der Waals surface area contributed by atoms with Crippen LogP contribution in [0.15, 0.2) is 54.6 Å². The summed E-state index contributed by atoms with van der Waals surface area (Å²) in [5.74, 6) is -3.50. The monoisotopic (exact) mass is 409 g/mol. The summed E-state index contributed by atoms with van der Waals surface area (Å²) in [6.45, 7) is 3.52. The molecule has 0 aromatic heterocycles. The average molecular weight is 409 g/mol. The lowest BCUT2D eigenvalue weighted by Gasteiger charge is -2.26. The molecule has 0 amide bonds. The maximum atomic E-state index is 13.6. The molecule has 3 unspecified atom stereocenters. The highest BCUT2D eigenvalue weighted by Gasteiger charge is 2.43. The molecular formula is C24H27NO5. The minimum Gasteiger partial charge on any atom is -0.480 e. The van der Waals surface area contributed by atoms with E-state index in [0.29, 0.717) is 6.42 Å². The van der Waals surface area contributed by atoms with Crippen molar-refractivity contribution in [2.45, 2.75) is 38.8 Å². The highest BCUT2D eigenvalue weighted by molar-refractivity contribution is 6.03. The van der Waals surface area contributed by atoms with Crippen molar-refractivity contribution in [3.63, 3.8) is 0 Å². The zero-order valence-corrected chi connectivity index (χ0v) is 17.2. The van der Waals surface area contributed by atoms with Gasteiger partial charge in [-0.3, -0.25) is 14.4 Å². The molecule has 158 valence electrons. The van der Waals surface area contributed by atoms with Gasteiger partial charge in [0.2, 0.25) is 0 Å². The molecule has 0 saturated carbocycles. The molecule has 2 N–H and O–H groups in total. The van der Waals surface area contributed by atoms with Gasteiger partial charge in [-0.25, -0.2) is 0 Å². The first kappa shape index (κ1) is 21.7. The molecule has 6 nitrogen and oxygen atoms in total. The molecule has 0 heterocycles. The van der Waals surface area contributed by atoms with Gasteiger partial charge in [-0.1, -0.05) is 68.4 Å². The predicted molar refractivity (Wildman–Crippen MR) is 112 cm³/mol. The van der Waals surface area contributed by atoms with E-state index in [1.54, 1.807) is 0 Å². The SMILES string of the molecule is CC(C)C(C(=O)OCc1ccccc1)C(=O)C1c2ccccc2CC1NCC(=O)O. The number of hydrogen-bond acceptors (Lipinski definition) is 5. The summed E-state index contributed by atoms with van der Waals surface area (Å²) in [6, 6.07) is 16.5. The fourth-order valence-corrected chi connectivity index (χ4v) is 4.08.